The second-order valence-electron chi connectivity index (χ2n) is 4.31. The predicted octanol–water partition coefficient (Wildman–Crippen LogP) is 5.82. The third-order valence-corrected chi connectivity index (χ3v) is 4.38. The number of alkyl halides is 1. The van der Waals surface area contributed by atoms with Crippen molar-refractivity contribution in [2.45, 2.75) is 11.2 Å². The third-order valence-electron chi connectivity index (χ3n) is 2.94. The summed E-state index contributed by atoms with van der Waals surface area (Å²) < 4.78 is 18.0. The van der Waals surface area contributed by atoms with Gasteiger partial charge in [-0.05, 0) is 35.7 Å². The average molecular weight is 378 g/mol. The van der Waals surface area contributed by atoms with Crippen molar-refractivity contribution in [3.63, 3.8) is 0 Å². The summed E-state index contributed by atoms with van der Waals surface area (Å²) in [6.07, 6.45) is 0.683. The molecule has 0 amide bonds. The third kappa shape index (κ3) is 3.66. The molecule has 0 heterocycles. The molecule has 1 atom stereocenters. The number of methoxy groups -OCH3 is 1. The van der Waals surface area contributed by atoms with Crippen LogP contribution < -0.4 is 4.74 Å². The lowest BCUT2D eigenvalue weighted by Crippen LogP contribution is -1.98. The average Bonchev–Trinajstić information content (AvgIpc) is 2.43. The van der Waals surface area contributed by atoms with Crippen LogP contribution in [0.25, 0.3) is 0 Å². The Morgan fingerprint density at radius 3 is 2.40 bits per heavy atom. The Bertz CT molecular complexity index is 602. The molecule has 0 fully saturated rings. The van der Waals surface area contributed by atoms with E-state index in [9.17, 15) is 4.39 Å². The SMILES string of the molecule is COc1cc(Cl)c(C(Br)Cc2ccc(F)cc2)cc1Cl. The Morgan fingerprint density at radius 1 is 1.15 bits per heavy atom. The number of benzene rings is 2. The molecule has 2 aromatic carbocycles. The van der Waals surface area contributed by atoms with E-state index in [4.69, 9.17) is 27.9 Å². The monoisotopic (exact) mass is 376 g/mol. The topological polar surface area (TPSA) is 9.23 Å². The molecule has 0 aromatic heterocycles. The lowest BCUT2D eigenvalue weighted by molar-refractivity contribution is 0.415. The number of rotatable bonds is 4. The minimum Gasteiger partial charge on any atom is -0.495 e. The van der Waals surface area contributed by atoms with Gasteiger partial charge in [-0.1, -0.05) is 51.3 Å². The Labute approximate surface area is 135 Å². The minimum absolute atomic E-state index is 0.0103. The molecule has 0 bridgehead atoms. The highest BCUT2D eigenvalue weighted by Gasteiger charge is 2.15. The van der Waals surface area contributed by atoms with E-state index in [0.29, 0.717) is 22.2 Å². The molecule has 0 aliphatic heterocycles. The van der Waals surface area contributed by atoms with Crippen molar-refractivity contribution in [1.29, 1.82) is 0 Å². The van der Waals surface area contributed by atoms with Gasteiger partial charge in [0.1, 0.15) is 11.6 Å². The molecule has 5 heteroatoms. The van der Waals surface area contributed by atoms with Crippen LogP contribution in [0.2, 0.25) is 10.0 Å². The standard InChI is InChI=1S/C15H12BrCl2FO/c1-20-15-8-13(17)11(7-14(15)18)12(16)6-9-2-4-10(19)5-3-9/h2-5,7-8,12H,6H2,1H3. The zero-order valence-electron chi connectivity index (χ0n) is 10.7. The van der Waals surface area contributed by atoms with Gasteiger partial charge in [-0.15, -0.1) is 0 Å². The molecule has 0 aliphatic carbocycles. The highest BCUT2D eigenvalue weighted by Crippen LogP contribution is 2.38. The molecule has 20 heavy (non-hydrogen) atoms. The second-order valence-corrected chi connectivity index (χ2v) is 6.23. The second kappa shape index (κ2) is 6.79. The van der Waals surface area contributed by atoms with Gasteiger partial charge in [-0.25, -0.2) is 4.39 Å². The molecule has 2 aromatic rings. The fourth-order valence-corrected chi connectivity index (χ4v) is 3.30. The smallest absolute Gasteiger partial charge is 0.138 e. The Balaban J connectivity index is 2.22. The maximum atomic E-state index is 12.9. The van der Waals surface area contributed by atoms with Crippen molar-refractivity contribution >= 4 is 39.1 Å². The maximum absolute atomic E-state index is 12.9. The van der Waals surface area contributed by atoms with Gasteiger partial charge in [-0.2, -0.15) is 0 Å². The van der Waals surface area contributed by atoms with Crippen LogP contribution in [0.1, 0.15) is 16.0 Å². The van der Waals surface area contributed by atoms with Crippen molar-refractivity contribution in [3.8, 4) is 5.75 Å². The van der Waals surface area contributed by atoms with E-state index in [1.54, 1.807) is 31.4 Å². The fraction of sp³-hybridized carbons (Fsp3) is 0.200. The molecular weight excluding hydrogens is 366 g/mol. The lowest BCUT2D eigenvalue weighted by Gasteiger charge is -2.14. The molecule has 0 aliphatic rings. The molecule has 1 nitrogen and oxygen atoms in total. The van der Waals surface area contributed by atoms with Gasteiger partial charge < -0.3 is 4.74 Å². The van der Waals surface area contributed by atoms with E-state index in [0.717, 1.165) is 11.1 Å². The normalized spacial score (nSPS) is 12.2. The number of halogens is 4. The highest BCUT2D eigenvalue weighted by atomic mass is 79.9. The van der Waals surface area contributed by atoms with Crippen LogP contribution in [-0.2, 0) is 6.42 Å². The zero-order valence-corrected chi connectivity index (χ0v) is 13.8. The number of hydrogen-bond donors (Lipinski definition) is 0. The van der Waals surface area contributed by atoms with E-state index in [-0.39, 0.29) is 10.6 Å². The van der Waals surface area contributed by atoms with E-state index < -0.39 is 0 Å². The van der Waals surface area contributed by atoms with Crippen LogP contribution in [0.3, 0.4) is 0 Å². The fourth-order valence-electron chi connectivity index (χ4n) is 1.88. The molecule has 106 valence electrons. The summed E-state index contributed by atoms with van der Waals surface area (Å²) >= 11 is 15.9. The van der Waals surface area contributed by atoms with Crippen molar-refractivity contribution in [2.75, 3.05) is 7.11 Å². The van der Waals surface area contributed by atoms with Crippen molar-refractivity contribution in [1.82, 2.24) is 0 Å². The van der Waals surface area contributed by atoms with E-state index in [1.165, 1.54) is 12.1 Å². The molecule has 1 unspecified atom stereocenters. The van der Waals surface area contributed by atoms with Crippen LogP contribution >= 0.6 is 39.1 Å². The quantitative estimate of drug-likeness (QED) is 0.610. The zero-order chi connectivity index (χ0) is 14.7. The first-order valence-corrected chi connectivity index (χ1v) is 7.60. The van der Waals surface area contributed by atoms with Crippen LogP contribution in [0.4, 0.5) is 4.39 Å². The van der Waals surface area contributed by atoms with Crippen LogP contribution in [0.15, 0.2) is 36.4 Å². The molecule has 0 spiro atoms. The highest BCUT2D eigenvalue weighted by molar-refractivity contribution is 9.09. The Kier molecular flexibility index (Phi) is 5.30. The summed E-state index contributed by atoms with van der Waals surface area (Å²) in [5.41, 5.74) is 1.89. The first kappa shape index (κ1) is 15.6. The molecule has 2 rings (SSSR count). The maximum Gasteiger partial charge on any atom is 0.138 e. The van der Waals surface area contributed by atoms with E-state index >= 15 is 0 Å². The van der Waals surface area contributed by atoms with Gasteiger partial charge in [0.15, 0.2) is 0 Å². The minimum atomic E-state index is -0.245. The van der Waals surface area contributed by atoms with Gasteiger partial charge in [0.05, 0.1) is 12.1 Å². The Hall–Kier alpha value is -0.770. The van der Waals surface area contributed by atoms with Crippen LogP contribution in [0.5, 0.6) is 5.75 Å². The predicted molar refractivity (Wildman–Crippen MR) is 84.8 cm³/mol. The van der Waals surface area contributed by atoms with Crippen molar-refractivity contribution < 1.29 is 9.13 Å². The summed E-state index contributed by atoms with van der Waals surface area (Å²) in [5, 5.41) is 1.09. The largest absolute Gasteiger partial charge is 0.495 e. The van der Waals surface area contributed by atoms with Crippen LogP contribution in [-0.4, -0.2) is 7.11 Å². The van der Waals surface area contributed by atoms with Gasteiger partial charge in [0, 0.05) is 15.9 Å². The summed E-state index contributed by atoms with van der Waals surface area (Å²) in [6.45, 7) is 0. The first-order valence-electron chi connectivity index (χ1n) is 5.92. The van der Waals surface area contributed by atoms with E-state index in [1.807, 2.05) is 0 Å². The lowest BCUT2D eigenvalue weighted by atomic mass is 10.0. The molecule has 0 radical (unpaired) electrons. The van der Waals surface area contributed by atoms with Crippen LogP contribution in [0, 0.1) is 5.82 Å². The first-order chi connectivity index (χ1) is 9.51. The number of ether oxygens (including phenoxy) is 1. The van der Waals surface area contributed by atoms with Crippen molar-refractivity contribution in [3.05, 3.63) is 63.4 Å². The summed E-state index contributed by atoms with van der Waals surface area (Å²) in [4.78, 5) is -0.0103. The van der Waals surface area contributed by atoms with Gasteiger partial charge in [-0.3, -0.25) is 0 Å². The van der Waals surface area contributed by atoms with Gasteiger partial charge in [0.25, 0.3) is 0 Å². The summed E-state index contributed by atoms with van der Waals surface area (Å²) in [7, 11) is 1.54. The van der Waals surface area contributed by atoms with E-state index in [2.05, 4.69) is 15.9 Å². The Morgan fingerprint density at radius 2 is 1.80 bits per heavy atom. The summed E-state index contributed by atoms with van der Waals surface area (Å²) in [5.74, 6) is 0.298. The molecule has 0 saturated heterocycles. The number of hydrogen-bond acceptors (Lipinski definition) is 1. The van der Waals surface area contributed by atoms with Crippen molar-refractivity contribution in [2.24, 2.45) is 0 Å². The van der Waals surface area contributed by atoms with Gasteiger partial charge >= 0.3 is 0 Å². The summed E-state index contributed by atoms with van der Waals surface area (Å²) in [6, 6.07) is 9.87. The van der Waals surface area contributed by atoms with Gasteiger partial charge in [0.2, 0.25) is 0 Å². The molecule has 0 saturated carbocycles. The molecular formula is C15H12BrCl2FO. The molecule has 0 N–H and O–H groups in total.